The van der Waals surface area contributed by atoms with Gasteiger partial charge in [0.15, 0.2) is 0 Å². The molecule has 2 rings (SSSR count). The zero-order valence-corrected chi connectivity index (χ0v) is 11.5. The van der Waals surface area contributed by atoms with Crippen molar-refractivity contribution < 1.29 is 17.4 Å². The van der Waals surface area contributed by atoms with E-state index in [-0.39, 0.29) is 5.09 Å². The summed E-state index contributed by atoms with van der Waals surface area (Å²) in [5.41, 5.74) is 0. The normalized spacial score (nSPS) is 12.2. The highest BCUT2D eigenvalue weighted by molar-refractivity contribution is 7.88. The van der Waals surface area contributed by atoms with E-state index in [4.69, 9.17) is 8.94 Å². The number of sulfonamides is 1. The second-order valence-electron chi connectivity index (χ2n) is 4.09. The molecule has 0 aliphatic carbocycles. The molecule has 0 aromatic carbocycles. The molecule has 0 radical (unpaired) electrons. The molecule has 0 bridgehead atoms. The smallest absolute Gasteiger partial charge is 0.275 e. The summed E-state index contributed by atoms with van der Waals surface area (Å²) in [5.74, 6) is 1.24. The summed E-state index contributed by atoms with van der Waals surface area (Å²) in [6.45, 7) is 0.903. The molecule has 2 aromatic heterocycles. The number of rotatable bonds is 6. The monoisotopic (exact) mass is 285 g/mol. The summed E-state index contributed by atoms with van der Waals surface area (Å²) in [4.78, 5) is 0. The Labute approximate surface area is 111 Å². The van der Waals surface area contributed by atoms with Gasteiger partial charge in [-0.25, -0.2) is 12.7 Å². The maximum atomic E-state index is 11.8. The van der Waals surface area contributed by atoms with Gasteiger partial charge in [-0.3, -0.25) is 0 Å². The van der Waals surface area contributed by atoms with E-state index in [1.165, 1.54) is 20.2 Å². The van der Waals surface area contributed by atoms with Gasteiger partial charge in [-0.05, 0) is 12.1 Å². The summed E-state index contributed by atoms with van der Waals surface area (Å²) in [6, 6.07) is 4.82. The Hall–Kier alpha value is -1.64. The van der Waals surface area contributed by atoms with Crippen LogP contribution < -0.4 is 5.32 Å². The van der Waals surface area contributed by atoms with Gasteiger partial charge < -0.3 is 14.3 Å². The zero-order chi connectivity index (χ0) is 13.9. The second-order valence-corrected chi connectivity index (χ2v) is 6.17. The van der Waals surface area contributed by atoms with Gasteiger partial charge >= 0.3 is 0 Å². The molecule has 0 atom stereocenters. The lowest BCUT2D eigenvalue weighted by Gasteiger charge is -2.07. The first kappa shape index (κ1) is 13.8. The molecule has 7 nitrogen and oxygen atoms in total. The predicted molar refractivity (Wildman–Crippen MR) is 66.6 cm³/mol. The van der Waals surface area contributed by atoms with Gasteiger partial charge in [0, 0.05) is 20.2 Å². The SMILES string of the molecule is CN(C)S(=O)(=O)c1ccc(CNCc2ccno2)o1. The first-order chi connectivity index (χ1) is 9.00. The van der Waals surface area contributed by atoms with Crippen LogP contribution >= 0.6 is 0 Å². The molecule has 8 heteroatoms. The van der Waals surface area contributed by atoms with E-state index in [0.29, 0.717) is 24.6 Å². The van der Waals surface area contributed by atoms with Crippen LogP contribution in [0.15, 0.2) is 38.4 Å². The fourth-order valence-electron chi connectivity index (χ4n) is 1.41. The number of aromatic nitrogens is 1. The molecule has 0 unspecified atom stereocenters. The maximum absolute atomic E-state index is 11.8. The molecule has 0 amide bonds. The number of hydrogen-bond acceptors (Lipinski definition) is 6. The Kier molecular flexibility index (Phi) is 4.03. The lowest BCUT2D eigenvalue weighted by atomic mass is 10.4. The molecule has 2 heterocycles. The standard InChI is InChI=1S/C11H15N3O4S/c1-14(2)19(15,16)11-4-3-9(17-11)7-12-8-10-5-6-13-18-10/h3-6,12H,7-8H2,1-2H3. The molecule has 0 aliphatic heterocycles. The third-order valence-corrected chi connectivity index (χ3v) is 4.15. The van der Waals surface area contributed by atoms with E-state index in [0.717, 1.165) is 4.31 Å². The highest BCUT2D eigenvalue weighted by atomic mass is 32.2. The van der Waals surface area contributed by atoms with E-state index in [1.807, 2.05) is 0 Å². The minimum absolute atomic E-state index is 0.0611. The highest BCUT2D eigenvalue weighted by Gasteiger charge is 2.21. The Morgan fingerprint density at radius 1 is 1.21 bits per heavy atom. The molecule has 0 spiro atoms. The topological polar surface area (TPSA) is 88.6 Å². The zero-order valence-electron chi connectivity index (χ0n) is 10.7. The van der Waals surface area contributed by atoms with Gasteiger partial charge in [0.05, 0.1) is 19.3 Å². The second kappa shape index (κ2) is 5.55. The number of nitrogens with zero attached hydrogens (tertiary/aromatic N) is 2. The summed E-state index contributed by atoms with van der Waals surface area (Å²) < 4.78 is 34.9. The Morgan fingerprint density at radius 3 is 2.58 bits per heavy atom. The Balaban J connectivity index is 1.94. The molecule has 0 saturated carbocycles. The predicted octanol–water partition coefficient (Wildman–Crippen LogP) is 0.808. The maximum Gasteiger partial charge on any atom is 0.275 e. The van der Waals surface area contributed by atoms with Crippen LogP contribution in [-0.4, -0.2) is 32.0 Å². The number of hydrogen-bond donors (Lipinski definition) is 1. The summed E-state index contributed by atoms with van der Waals surface area (Å²) >= 11 is 0. The first-order valence-corrected chi connectivity index (χ1v) is 7.05. The molecule has 1 N–H and O–H groups in total. The highest BCUT2D eigenvalue weighted by Crippen LogP contribution is 2.16. The van der Waals surface area contributed by atoms with Crippen LogP contribution in [0, 0.1) is 0 Å². The van der Waals surface area contributed by atoms with Crippen LogP contribution in [0.25, 0.3) is 0 Å². The van der Waals surface area contributed by atoms with Crippen molar-refractivity contribution in [1.82, 2.24) is 14.8 Å². The third kappa shape index (κ3) is 3.22. The summed E-state index contributed by atoms with van der Waals surface area (Å²) in [7, 11) is -0.598. The summed E-state index contributed by atoms with van der Waals surface area (Å²) in [6.07, 6.45) is 1.56. The van der Waals surface area contributed by atoms with Crippen LogP contribution in [0.2, 0.25) is 0 Å². The van der Waals surface area contributed by atoms with Gasteiger partial charge in [-0.1, -0.05) is 5.16 Å². The van der Waals surface area contributed by atoms with Crippen molar-refractivity contribution in [3.05, 3.63) is 35.9 Å². The van der Waals surface area contributed by atoms with Crippen LogP contribution in [0.3, 0.4) is 0 Å². The van der Waals surface area contributed by atoms with Crippen molar-refractivity contribution in [2.75, 3.05) is 14.1 Å². The van der Waals surface area contributed by atoms with Crippen molar-refractivity contribution in [1.29, 1.82) is 0 Å². The molecule has 0 aliphatic rings. The van der Waals surface area contributed by atoms with Crippen LogP contribution in [-0.2, 0) is 23.1 Å². The minimum atomic E-state index is -3.51. The molecule has 0 fully saturated rings. The van der Waals surface area contributed by atoms with Crippen molar-refractivity contribution >= 4 is 10.0 Å². The lowest BCUT2D eigenvalue weighted by molar-refractivity contribution is 0.360. The average Bonchev–Trinajstić information content (AvgIpc) is 2.99. The van der Waals surface area contributed by atoms with E-state index in [1.54, 1.807) is 18.3 Å². The minimum Gasteiger partial charge on any atom is -0.447 e. The molecule has 19 heavy (non-hydrogen) atoms. The molecule has 0 saturated heterocycles. The van der Waals surface area contributed by atoms with E-state index in [9.17, 15) is 8.42 Å². The quantitative estimate of drug-likeness (QED) is 0.845. The number of furan rings is 1. The van der Waals surface area contributed by atoms with Crippen molar-refractivity contribution in [2.24, 2.45) is 0 Å². The van der Waals surface area contributed by atoms with Gasteiger partial charge in [-0.2, -0.15) is 0 Å². The number of nitrogens with one attached hydrogen (secondary N) is 1. The van der Waals surface area contributed by atoms with Crippen LogP contribution in [0.5, 0.6) is 0 Å². The fourth-order valence-corrected chi connectivity index (χ4v) is 2.23. The van der Waals surface area contributed by atoms with Crippen LogP contribution in [0.4, 0.5) is 0 Å². The first-order valence-electron chi connectivity index (χ1n) is 5.61. The van der Waals surface area contributed by atoms with Crippen molar-refractivity contribution in [3.8, 4) is 0 Å². The summed E-state index contributed by atoms with van der Waals surface area (Å²) in [5, 5.41) is 6.58. The Bertz CT molecular complexity index is 616. The third-order valence-electron chi connectivity index (χ3n) is 2.46. The van der Waals surface area contributed by atoms with E-state index in [2.05, 4.69) is 10.5 Å². The van der Waals surface area contributed by atoms with Gasteiger partial charge in [0.25, 0.3) is 10.0 Å². The van der Waals surface area contributed by atoms with Crippen molar-refractivity contribution in [2.45, 2.75) is 18.2 Å². The van der Waals surface area contributed by atoms with E-state index >= 15 is 0 Å². The van der Waals surface area contributed by atoms with E-state index < -0.39 is 10.0 Å². The van der Waals surface area contributed by atoms with Gasteiger partial charge in [0.2, 0.25) is 5.09 Å². The fraction of sp³-hybridized carbons (Fsp3) is 0.364. The molecule has 104 valence electrons. The largest absolute Gasteiger partial charge is 0.447 e. The van der Waals surface area contributed by atoms with Gasteiger partial charge in [-0.15, -0.1) is 0 Å². The lowest BCUT2D eigenvalue weighted by Crippen LogP contribution is -2.21. The Morgan fingerprint density at radius 2 is 1.95 bits per heavy atom. The van der Waals surface area contributed by atoms with Crippen molar-refractivity contribution in [3.63, 3.8) is 0 Å². The molecular weight excluding hydrogens is 270 g/mol. The van der Waals surface area contributed by atoms with Gasteiger partial charge in [0.1, 0.15) is 11.5 Å². The molecular formula is C11H15N3O4S. The average molecular weight is 285 g/mol. The molecule has 2 aromatic rings. The van der Waals surface area contributed by atoms with Crippen LogP contribution in [0.1, 0.15) is 11.5 Å².